The third-order valence-corrected chi connectivity index (χ3v) is 16.2. The molecule has 10 rings (SSSR count). The van der Waals surface area contributed by atoms with Gasteiger partial charge >= 0.3 is 0 Å². The molecule has 1 aliphatic rings. The van der Waals surface area contributed by atoms with Crippen LogP contribution >= 0.6 is 0 Å². The largest absolute Gasteiger partial charge is 0.294 e. The number of benzene rings is 7. The fraction of sp³-hybridized carbons (Fsp3) is 0.0784. The van der Waals surface area contributed by atoms with Gasteiger partial charge in [-0.1, -0.05) is 140 Å². The number of fused-ring (bicyclic) bond motifs is 4. The van der Waals surface area contributed by atoms with Gasteiger partial charge in [-0.25, -0.2) is 10.0 Å². The van der Waals surface area contributed by atoms with E-state index in [1.54, 1.807) is 0 Å². The van der Waals surface area contributed by atoms with Crippen LogP contribution in [0, 0.1) is 6.92 Å². The van der Waals surface area contributed by atoms with E-state index in [-0.39, 0.29) is 6.04 Å². The maximum atomic E-state index is 6.64. The first-order chi connectivity index (χ1) is 28.0. The number of hydrogen-bond acceptors (Lipinski definition) is 4. The topological polar surface area (TPSA) is 33.5 Å². The first kappa shape index (κ1) is 34.7. The van der Waals surface area contributed by atoms with E-state index >= 15 is 0 Å². The highest BCUT2D eigenvalue weighted by Gasteiger charge is 2.42. The van der Waals surface area contributed by atoms with Gasteiger partial charge in [-0.2, -0.15) is 5.06 Å². The van der Waals surface area contributed by atoms with Crippen molar-refractivity contribution in [2.45, 2.75) is 26.8 Å². The van der Waals surface area contributed by atoms with Crippen LogP contribution in [0.15, 0.2) is 194 Å². The summed E-state index contributed by atoms with van der Waals surface area (Å²) in [6, 6.07) is 68.7. The van der Waals surface area contributed by atoms with Gasteiger partial charge < -0.3 is 0 Å². The van der Waals surface area contributed by atoms with Crippen LogP contribution < -0.4 is 30.9 Å². The fourth-order valence-electron chi connectivity index (χ4n) is 8.85. The molecule has 0 spiro atoms. The smallest absolute Gasteiger partial charge is 0.179 e. The second-order valence-corrected chi connectivity index (χ2v) is 18.9. The quantitative estimate of drug-likeness (QED) is 0.114. The van der Waals surface area contributed by atoms with Crippen molar-refractivity contribution in [3.8, 4) is 16.9 Å². The van der Waals surface area contributed by atoms with E-state index < -0.39 is 8.07 Å². The van der Waals surface area contributed by atoms with Crippen LogP contribution in [0.5, 0.6) is 0 Å². The molecule has 2 aromatic heterocycles. The van der Waals surface area contributed by atoms with E-state index in [0.29, 0.717) is 0 Å². The third-order valence-electron chi connectivity index (χ3n) is 11.4. The minimum atomic E-state index is -3.00. The number of rotatable bonds is 8. The Kier molecular flexibility index (Phi) is 8.58. The van der Waals surface area contributed by atoms with Gasteiger partial charge in [0, 0.05) is 17.0 Å². The Morgan fingerprint density at radius 1 is 0.526 bits per heavy atom. The van der Waals surface area contributed by atoms with Gasteiger partial charge in [-0.3, -0.25) is 4.57 Å². The summed E-state index contributed by atoms with van der Waals surface area (Å²) in [5.41, 5.74) is 8.94. The van der Waals surface area contributed by atoms with Crippen LogP contribution in [0.4, 0.5) is 17.1 Å². The average Bonchev–Trinajstić information content (AvgIpc) is 3.82. The Balaban J connectivity index is 1.24. The van der Waals surface area contributed by atoms with E-state index in [0.717, 1.165) is 39.5 Å². The van der Waals surface area contributed by atoms with Crippen molar-refractivity contribution < 1.29 is 4.94 Å². The number of para-hydroxylation sites is 3. The molecule has 7 aromatic carbocycles. The van der Waals surface area contributed by atoms with Gasteiger partial charge in [0.25, 0.3) is 0 Å². The lowest BCUT2D eigenvalue weighted by atomic mass is 10.0. The Bertz CT molecular complexity index is 2870. The SMILES string of the molecule is Cc1ccccc1-c1ccnc(-n2c3ccccc3c3ccc([Si](c4ccccc4)(c4ccccc4)c4cccc(N5ON(C(C)C)c6ccccc65)c4)cc32)c1. The molecule has 9 aromatic rings. The van der Waals surface area contributed by atoms with Crippen LogP contribution in [0.3, 0.4) is 0 Å². The van der Waals surface area contributed by atoms with E-state index in [9.17, 15) is 0 Å². The highest BCUT2D eigenvalue weighted by atomic mass is 28.3. The molecule has 6 heteroatoms. The van der Waals surface area contributed by atoms with E-state index in [1.165, 1.54) is 42.6 Å². The summed E-state index contributed by atoms with van der Waals surface area (Å²) in [6.07, 6.45) is 1.94. The standard InChI is InChI=1S/C51H42N4OSi/c1-36(2)54-48-27-14-15-28-49(48)55(56-54)39-18-16-23-42(34-39)57(40-19-6-4-7-20-40,41-21-8-5-9-22-41)43-29-30-46-45-25-12-13-26-47(45)53(50(46)35-43)51-33-38(31-32-52-51)44-24-11-10-17-37(44)3/h4-36H,1-3H3. The molecule has 0 radical (unpaired) electrons. The monoisotopic (exact) mass is 754 g/mol. The molecular weight excluding hydrogens is 713 g/mol. The minimum absolute atomic E-state index is 0.159. The summed E-state index contributed by atoms with van der Waals surface area (Å²) in [5, 5.41) is 11.6. The van der Waals surface area contributed by atoms with E-state index in [4.69, 9.17) is 9.92 Å². The second kappa shape index (κ2) is 14.1. The van der Waals surface area contributed by atoms with Gasteiger partial charge in [0.1, 0.15) is 5.82 Å². The van der Waals surface area contributed by atoms with Crippen molar-refractivity contribution in [2.75, 3.05) is 10.1 Å². The van der Waals surface area contributed by atoms with Gasteiger partial charge in [0.2, 0.25) is 0 Å². The van der Waals surface area contributed by atoms with Crippen LogP contribution in [-0.4, -0.2) is 23.7 Å². The van der Waals surface area contributed by atoms with Crippen LogP contribution in [-0.2, 0) is 4.94 Å². The van der Waals surface area contributed by atoms with Crippen molar-refractivity contribution in [2.24, 2.45) is 0 Å². The fourth-order valence-corrected chi connectivity index (χ4v) is 13.6. The zero-order chi connectivity index (χ0) is 38.5. The van der Waals surface area contributed by atoms with Crippen molar-refractivity contribution in [1.82, 2.24) is 9.55 Å². The zero-order valence-electron chi connectivity index (χ0n) is 32.2. The van der Waals surface area contributed by atoms with Crippen LogP contribution in [0.2, 0.25) is 0 Å². The first-order valence-electron chi connectivity index (χ1n) is 19.7. The molecule has 276 valence electrons. The van der Waals surface area contributed by atoms with Crippen LogP contribution in [0.1, 0.15) is 19.4 Å². The molecule has 0 atom stereocenters. The Labute approximate surface area is 334 Å². The minimum Gasteiger partial charge on any atom is -0.294 e. The maximum Gasteiger partial charge on any atom is 0.179 e. The van der Waals surface area contributed by atoms with Crippen molar-refractivity contribution in [1.29, 1.82) is 0 Å². The molecule has 0 saturated carbocycles. The maximum absolute atomic E-state index is 6.64. The summed E-state index contributed by atoms with van der Waals surface area (Å²) in [5.74, 6) is 0.896. The highest BCUT2D eigenvalue weighted by Crippen LogP contribution is 2.42. The van der Waals surface area contributed by atoms with Gasteiger partial charge in [-0.15, -0.1) is 4.94 Å². The molecule has 0 unspecified atom stereocenters. The second-order valence-electron chi connectivity index (χ2n) is 15.1. The van der Waals surface area contributed by atoms with Crippen molar-refractivity contribution in [3.05, 3.63) is 200 Å². The predicted octanol–water partition coefficient (Wildman–Crippen LogP) is 9.74. The number of aromatic nitrogens is 2. The summed E-state index contributed by atoms with van der Waals surface area (Å²) in [7, 11) is -3.00. The van der Waals surface area contributed by atoms with Gasteiger partial charge in [0.05, 0.1) is 34.1 Å². The summed E-state index contributed by atoms with van der Waals surface area (Å²) < 4.78 is 2.36. The Morgan fingerprint density at radius 3 is 1.91 bits per heavy atom. The third kappa shape index (κ3) is 5.68. The van der Waals surface area contributed by atoms with Crippen molar-refractivity contribution in [3.63, 3.8) is 0 Å². The van der Waals surface area contributed by atoms with Crippen molar-refractivity contribution >= 4 is 67.7 Å². The number of pyridine rings is 1. The Hall–Kier alpha value is -6.73. The number of nitrogens with zero attached hydrogens (tertiary/aromatic N) is 4. The summed E-state index contributed by atoms with van der Waals surface area (Å²) in [4.78, 5) is 11.7. The molecule has 0 bridgehead atoms. The number of anilines is 3. The summed E-state index contributed by atoms with van der Waals surface area (Å²) >= 11 is 0. The zero-order valence-corrected chi connectivity index (χ0v) is 33.2. The normalized spacial score (nSPS) is 12.8. The average molecular weight is 755 g/mol. The highest BCUT2D eigenvalue weighted by molar-refractivity contribution is 7.20. The predicted molar refractivity (Wildman–Crippen MR) is 240 cm³/mol. The van der Waals surface area contributed by atoms with E-state index in [1.807, 2.05) is 16.3 Å². The molecule has 3 heterocycles. The number of aryl methyl sites for hydroxylation is 1. The molecule has 5 nitrogen and oxygen atoms in total. The summed E-state index contributed by atoms with van der Waals surface area (Å²) in [6.45, 7) is 6.48. The lowest BCUT2D eigenvalue weighted by Crippen LogP contribution is -2.74. The number of hydrogen-bond donors (Lipinski definition) is 0. The van der Waals surface area contributed by atoms with Crippen LogP contribution in [0.25, 0.3) is 38.8 Å². The molecule has 0 aliphatic carbocycles. The lowest BCUT2D eigenvalue weighted by Gasteiger charge is -2.35. The molecule has 0 saturated heterocycles. The van der Waals surface area contributed by atoms with Gasteiger partial charge in [-0.05, 0) is 107 Å². The number of hydroxylamine groups is 1. The molecule has 57 heavy (non-hydrogen) atoms. The molecule has 0 N–H and O–H groups in total. The lowest BCUT2D eigenvalue weighted by molar-refractivity contribution is 0.113. The first-order valence-corrected chi connectivity index (χ1v) is 21.7. The molecule has 1 aliphatic heterocycles. The van der Waals surface area contributed by atoms with Gasteiger partial charge in [0.15, 0.2) is 8.07 Å². The Morgan fingerprint density at radius 2 is 1.16 bits per heavy atom. The molecular formula is C51H42N4OSi. The molecule has 0 amide bonds. The molecule has 0 fully saturated rings. The van der Waals surface area contributed by atoms with E-state index in [2.05, 4.69) is 213 Å².